The fourth-order valence-electron chi connectivity index (χ4n) is 3.14. The highest BCUT2D eigenvalue weighted by molar-refractivity contribution is 5.95. The minimum atomic E-state index is -0.173. The minimum absolute atomic E-state index is 0.173. The molecular formula is C21H19N5O. The summed E-state index contributed by atoms with van der Waals surface area (Å²) >= 11 is 0. The summed E-state index contributed by atoms with van der Waals surface area (Å²) in [7, 11) is 0. The van der Waals surface area contributed by atoms with Gasteiger partial charge in [-0.05, 0) is 49.2 Å². The van der Waals surface area contributed by atoms with Gasteiger partial charge in [0.15, 0.2) is 0 Å². The van der Waals surface area contributed by atoms with Crippen molar-refractivity contribution in [1.29, 1.82) is 0 Å². The average molecular weight is 357 g/mol. The first-order chi connectivity index (χ1) is 13.1. The Morgan fingerprint density at radius 1 is 1.15 bits per heavy atom. The van der Waals surface area contributed by atoms with Crippen molar-refractivity contribution in [1.82, 2.24) is 25.3 Å². The van der Waals surface area contributed by atoms with E-state index in [0.717, 1.165) is 33.4 Å². The maximum Gasteiger partial charge on any atom is 0.254 e. The van der Waals surface area contributed by atoms with E-state index < -0.39 is 0 Å². The summed E-state index contributed by atoms with van der Waals surface area (Å²) in [5.41, 5.74) is 6.32. The number of carbonyl (C=O) groups excluding carboxylic acids is 1. The van der Waals surface area contributed by atoms with E-state index in [0.29, 0.717) is 17.8 Å². The monoisotopic (exact) mass is 357 g/mol. The van der Waals surface area contributed by atoms with Gasteiger partial charge in [0.05, 0.1) is 22.6 Å². The van der Waals surface area contributed by atoms with E-state index in [4.69, 9.17) is 0 Å². The number of nitrogens with zero attached hydrogens (tertiary/aromatic N) is 3. The van der Waals surface area contributed by atoms with Crippen LogP contribution in [-0.2, 0) is 6.54 Å². The molecular weight excluding hydrogens is 338 g/mol. The minimum Gasteiger partial charge on any atom is -0.353 e. The molecule has 0 spiro atoms. The van der Waals surface area contributed by atoms with Crippen LogP contribution in [0, 0.1) is 13.8 Å². The molecule has 0 saturated heterocycles. The van der Waals surface area contributed by atoms with Crippen LogP contribution in [0.3, 0.4) is 0 Å². The third-order valence-corrected chi connectivity index (χ3v) is 4.65. The summed E-state index contributed by atoms with van der Waals surface area (Å²) in [6.45, 7) is 4.31. The summed E-state index contributed by atoms with van der Waals surface area (Å²) in [5.74, 6) is -0.173. The second-order valence-electron chi connectivity index (χ2n) is 6.42. The van der Waals surface area contributed by atoms with E-state index in [1.807, 2.05) is 30.3 Å². The van der Waals surface area contributed by atoms with Crippen LogP contribution < -0.4 is 5.32 Å². The number of hydrogen-bond donors (Lipinski definition) is 2. The summed E-state index contributed by atoms with van der Waals surface area (Å²) < 4.78 is 0. The molecule has 1 amide bonds. The number of carbonyl (C=O) groups is 1. The Morgan fingerprint density at radius 2 is 2.04 bits per heavy atom. The molecule has 0 saturated carbocycles. The van der Waals surface area contributed by atoms with E-state index in [9.17, 15) is 4.79 Å². The Hall–Kier alpha value is -3.54. The van der Waals surface area contributed by atoms with E-state index in [1.165, 1.54) is 12.5 Å². The fraction of sp³-hybridized carbons (Fsp3) is 0.143. The maximum atomic E-state index is 12.4. The van der Waals surface area contributed by atoms with Crippen molar-refractivity contribution in [3.8, 4) is 11.4 Å². The van der Waals surface area contributed by atoms with Crippen LogP contribution in [0.5, 0.6) is 0 Å². The highest BCUT2D eigenvalue weighted by atomic mass is 16.1. The molecule has 0 bridgehead atoms. The van der Waals surface area contributed by atoms with Gasteiger partial charge in [-0.1, -0.05) is 12.1 Å². The molecule has 6 heteroatoms. The molecule has 4 aromatic rings. The Balaban J connectivity index is 1.58. The number of aromatic nitrogens is 4. The molecule has 0 aliphatic heterocycles. The van der Waals surface area contributed by atoms with Crippen LogP contribution in [0.25, 0.3) is 22.3 Å². The van der Waals surface area contributed by atoms with Gasteiger partial charge in [-0.3, -0.25) is 9.78 Å². The number of hydrogen-bond acceptors (Lipinski definition) is 4. The number of nitrogens with one attached hydrogen (secondary N) is 2. The first-order valence-corrected chi connectivity index (χ1v) is 8.71. The Kier molecular flexibility index (Phi) is 4.38. The molecule has 27 heavy (non-hydrogen) atoms. The lowest BCUT2D eigenvalue weighted by Gasteiger charge is -2.07. The van der Waals surface area contributed by atoms with Crippen LogP contribution in [0.15, 0.2) is 55.1 Å². The summed E-state index contributed by atoms with van der Waals surface area (Å²) in [4.78, 5) is 28.2. The van der Waals surface area contributed by atoms with Crippen LogP contribution in [0.2, 0.25) is 0 Å². The van der Waals surface area contributed by atoms with Crippen LogP contribution in [0.1, 0.15) is 27.2 Å². The molecule has 6 nitrogen and oxygen atoms in total. The quantitative estimate of drug-likeness (QED) is 0.585. The molecule has 0 aliphatic carbocycles. The Bertz CT molecular complexity index is 1120. The van der Waals surface area contributed by atoms with Crippen LogP contribution >= 0.6 is 0 Å². The Morgan fingerprint density at radius 3 is 2.81 bits per heavy atom. The maximum absolute atomic E-state index is 12.4. The van der Waals surface area contributed by atoms with Gasteiger partial charge in [-0.25, -0.2) is 9.97 Å². The highest BCUT2D eigenvalue weighted by Gasteiger charge is 2.12. The van der Waals surface area contributed by atoms with E-state index in [2.05, 4.69) is 38.2 Å². The van der Waals surface area contributed by atoms with Gasteiger partial charge in [0, 0.05) is 29.8 Å². The molecule has 0 atom stereocenters. The molecule has 3 aromatic heterocycles. The summed E-state index contributed by atoms with van der Waals surface area (Å²) in [6.07, 6.45) is 4.76. The second kappa shape index (κ2) is 6.99. The van der Waals surface area contributed by atoms with Crippen molar-refractivity contribution in [2.24, 2.45) is 0 Å². The molecule has 2 N–H and O–H groups in total. The van der Waals surface area contributed by atoms with Gasteiger partial charge in [0.25, 0.3) is 5.91 Å². The van der Waals surface area contributed by atoms with Gasteiger partial charge >= 0.3 is 0 Å². The van der Waals surface area contributed by atoms with Crippen LogP contribution in [-0.4, -0.2) is 25.8 Å². The molecule has 4 rings (SSSR count). The van der Waals surface area contributed by atoms with Gasteiger partial charge in [-0.2, -0.15) is 0 Å². The molecule has 0 radical (unpaired) electrons. The van der Waals surface area contributed by atoms with Crippen molar-refractivity contribution in [2.45, 2.75) is 20.4 Å². The number of H-pyrrole nitrogens is 1. The zero-order valence-corrected chi connectivity index (χ0v) is 15.2. The van der Waals surface area contributed by atoms with E-state index >= 15 is 0 Å². The topological polar surface area (TPSA) is 83.6 Å². The largest absolute Gasteiger partial charge is 0.353 e. The van der Waals surface area contributed by atoms with Crippen molar-refractivity contribution < 1.29 is 4.79 Å². The highest BCUT2D eigenvalue weighted by Crippen LogP contribution is 2.29. The average Bonchev–Trinajstić information content (AvgIpc) is 3.03. The SMILES string of the molecule is Cc1ncncc1C(=O)NCc1ccc2[nH]c(-c3ccccn3)c(C)c2c1. The predicted octanol–water partition coefficient (Wildman–Crippen LogP) is 3.57. The lowest BCUT2D eigenvalue weighted by atomic mass is 10.1. The molecule has 3 heterocycles. The van der Waals surface area contributed by atoms with Gasteiger partial charge in [0.1, 0.15) is 6.33 Å². The third kappa shape index (κ3) is 3.29. The Labute approximate surface area is 156 Å². The number of aryl methyl sites for hydroxylation is 2. The predicted molar refractivity (Wildman–Crippen MR) is 104 cm³/mol. The number of rotatable bonds is 4. The normalized spacial score (nSPS) is 10.9. The number of aromatic amines is 1. The summed E-state index contributed by atoms with van der Waals surface area (Å²) in [6, 6.07) is 12.0. The smallest absolute Gasteiger partial charge is 0.254 e. The lowest BCUT2D eigenvalue weighted by Crippen LogP contribution is -2.24. The molecule has 134 valence electrons. The molecule has 1 aromatic carbocycles. The molecule has 0 aliphatic rings. The number of fused-ring (bicyclic) bond motifs is 1. The fourth-order valence-corrected chi connectivity index (χ4v) is 3.14. The number of benzene rings is 1. The van der Waals surface area contributed by atoms with Crippen LogP contribution in [0.4, 0.5) is 0 Å². The van der Waals surface area contributed by atoms with Gasteiger partial charge in [0.2, 0.25) is 0 Å². The molecule has 0 fully saturated rings. The van der Waals surface area contributed by atoms with Crippen molar-refractivity contribution in [2.75, 3.05) is 0 Å². The first kappa shape index (κ1) is 16.9. The zero-order chi connectivity index (χ0) is 18.8. The standard InChI is InChI=1S/C21H19N5O/c1-13-16-9-15(10-24-21(27)17-11-22-12-25-14(17)2)6-7-18(16)26-20(13)19-5-3-4-8-23-19/h3-9,11-12,26H,10H2,1-2H3,(H,24,27). The zero-order valence-electron chi connectivity index (χ0n) is 15.2. The van der Waals surface area contributed by atoms with Gasteiger partial charge < -0.3 is 10.3 Å². The molecule has 0 unspecified atom stereocenters. The third-order valence-electron chi connectivity index (χ3n) is 4.65. The van der Waals surface area contributed by atoms with Crippen molar-refractivity contribution in [3.63, 3.8) is 0 Å². The van der Waals surface area contributed by atoms with Crippen molar-refractivity contribution in [3.05, 3.63) is 77.5 Å². The van der Waals surface area contributed by atoms with Gasteiger partial charge in [-0.15, -0.1) is 0 Å². The van der Waals surface area contributed by atoms with Crippen molar-refractivity contribution >= 4 is 16.8 Å². The van der Waals surface area contributed by atoms with E-state index in [-0.39, 0.29) is 5.91 Å². The number of amides is 1. The van der Waals surface area contributed by atoms with E-state index in [1.54, 1.807) is 13.1 Å². The summed E-state index contributed by atoms with van der Waals surface area (Å²) in [5, 5.41) is 4.06. The number of pyridine rings is 1. The lowest BCUT2D eigenvalue weighted by molar-refractivity contribution is 0.0949. The first-order valence-electron chi connectivity index (χ1n) is 8.71. The second-order valence-corrected chi connectivity index (χ2v) is 6.42.